The first-order valence-corrected chi connectivity index (χ1v) is 5.26. The van der Waals surface area contributed by atoms with Crippen molar-refractivity contribution in [1.82, 2.24) is 10.3 Å². The van der Waals surface area contributed by atoms with Crippen molar-refractivity contribution < 1.29 is 9.53 Å². The van der Waals surface area contributed by atoms with Gasteiger partial charge in [-0.15, -0.1) is 0 Å². The first-order valence-electron chi connectivity index (χ1n) is 5.26. The predicted octanol–water partition coefficient (Wildman–Crippen LogP) is 0.369. The summed E-state index contributed by atoms with van der Waals surface area (Å²) < 4.78 is 4.96. The van der Waals surface area contributed by atoms with Gasteiger partial charge in [0.1, 0.15) is 6.04 Å². The molecule has 1 aliphatic rings. The van der Waals surface area contributed by atoms with E-state index in [0.29, 0.717) is 11.9 Å². The second kappa shape index (κ2) is 4.49. The summed E-state index contributed by atoms with van der Waals surface area (Å²) in [6, 6.07) is 3.49. The van der Waals surface area contributed by atoms with Gasteiger partial charge in [0.15, 0.2) is 0 Å². The van der Waals surface area contributed by atoms with E-state index in [1.54, 1.807) is 25.4 Å². The van der Waals surface area contributed by atoms with Crippen LogP contribution in [0.1, 0.15) is 24.4 Å². The largest absolute Gasteiger partial charge is 0.481 e. The molecule has 1 saturated carbocycles. The van der Waals surface area contributed by atoms with Crippen LogP contribution in [-0.2, 0) is 4.79 Å². The van der Waals surface area contributed by atoms with Gasteiger partial charge in [-0.05, 0) is 18.4 Å². The Balaban J connectivity index is 2.13. The Labute approximate surface area is 94.0 Å². The van der Waals surface area contributed by atoms with E-state index in [2.05, 4.69) is 10.3 Å². The molecule has 5 nitrogen and oxygen atoms in total. The van der Waals surface area contributed by atoms with Gasteiger partial charge in [-0.2, -0.15) is 0 Å². The Hall–Kier alpha value is -1.62. The fourth-order valence-corrected chi connectivity index (χ4v) is 1.51. The topological polar surface area (TPSA) is 77.2 Å². The number of hydrogen-bond acceptors (Lipinski definition) is 4. The number of aromatic nitrogens is 1. The third-order valence-corrected chi connectivity index (χ3v) is 2.57. The minimum Gasteiger partial charge on any atom is -0.481 e. The van der Waals surface area contributed by atoms with Gasteiger partial charge in [-0.3, -0.25) is 10.1 Å². The van der Waals surface area contributed by atoms with E-state index in [-0.39, 0.29) is 5.91 Å². The highest BCUT2D eigenvalue weighted by atomic mass is 16.5. The number of nitrogens with one attached hydrogen (secondary N) is 1. The molecule has 1 aromatic heterocycles. The highest BCUT2D eigenvalue weighted by Gasteiger charge is 2.28. The van der Waals surface area contributed by atoms with E-state index in [1.165, 1.54) is 0 Å². The Morgan fingerprint density at radius 2 is 2.38 bits per heavy atom. The van der Waals surface area contributed by atoms with Crippen molar-refractivity contribution in [2.45, 2.75) is 24.9 Å². The van der Waals surface area contributed by atoms with Gasteiger partial charge in [-0.1, -0.05) is 6.07 Å². The smallest absolute Gasteiger partial charge is 0.239 e. The molecule has 1 atom stereocenters. The highest BCUT2D eigenvalue weighted by molar-refractivity contribution is 5.81. The summed E-state index contributed by atoms with van der Waals surface area (Å²) in [6.07, 6.45) is 3.82. The van der Waals surface area contributed by atoms with Crippen LogP contribution in [-0.4, -0.2) is 24.0 Å². The summed E-state index contributed by atoms with van der Waals surface area (Å²) in [4.78, 5) is 15.4. The maximum Gasteiger partial charge on any atom is 0.239 e. The molecular formula is C11H15N3O2. The SMILES string of the molecule is COc1ccc(C(NC2CC2)C(N)=O)cn1. The summed E-state index contributed by atoms with van der Waals surface area (Å²) in [5.74, 6) is 0.150. The Kier molecular flexibility index (Phi) is 3.05. The number of amides is 1. The van der Waals surface area contributed by atoms with Crippen LogP contribution in [0.5, 0.6) is 5.88 Å². The van der Waals surface area contributed by atoms with Crippen LogP contribution >= 0.6 is 0 Å². The highest BCUT2D eigenvalue weighted by Crippen LogP contribution is 2.24. The summed E-state index contributed by atoms with van der Waals surface area (Å²) >= 11 is 0. The monoisotopic (exact) mass is 221 g/mol. The van der Waals surface area contributed by atoms with E-state index in [0.717, 1.165) is 18.4 Å². The maximum atomic E-state index is 11.3. The molecule has 0 aliphatic heterocycles. The second-order valence-corrected chi connectivity index (χ2v) is 3.91. The quantitative estimate of drug-likeness (QED) is 0.753. The molecule has 3 N–H and O–H groups in total. The molecule has 0 saturated heterocycles. The molecule has 0 radical (unpaired) electrons. The standard InChI is InChI=1S/C11H15N3O2/c1-16-9-5-2-7(6-13-9)10(11(12)15)14-8-3-4-8/h2,5-6,8,10,14H,3-4H2,1H3,(H2,12,15). The summed E-state index contributed by atoms with van der Waals surface area (Å²) in [5, 5.41) is 3.19. The van der Waals surface area contributed by atoms with Crippen molar-refractivity contribution in [1.29, 1.82) is 0 Å². The first-order chi connectivity index (χ1) is 7.70. The molecule has 1 heterocycles. The minimum atomic E-state index is -0.453. The van der Waals surface area contributed by atoms with Crippen molar-refractivity contribution in [3.05, 3.63) is 23.9 Å². The molecule has 1 aliphatic carbocycles. The molecule has 0 aromatic carbocycles. The molecule has 1 unspecified atom stereocenters. The van der Waals surface area contributed by atoms with E-state index < -0.39 is 6.04 Å². The van der Waals surface area contributed by atoms with Crippen molar-refractivity contribution in [3.8, 4) is 5.88 Å². The summed E-state index contributed by atoms with van der Waals surface area (Å²) in [6.45, 7) is 0. The van der Waals surface area contributed by atoms with Crippen LogP contribution < -0.4 is 15.8 Å². The number of pyridine rings is 1. The van der Waals surface area contributed by atoms with Crippen LogP contribution in [0.4, 0.5) is 0 Å². The number of carbonyl (C=O) groups excluding carboxylic acids is 1. The van der Waals surface area contributed by atoms with Gasteiger partial charge >= 0.3 is 0 Å². The molecular weight excluding hydrogens is 206 g/mol. The molecule has 1 fully saturated rings. The van der Waals surface area contributed by atoms with E-state index >= 15 is 0 Å². The van der Waals surface area contributed by atoms with Crippen molar-refractivity contribution in [2.24, 2.45) is 5.73 Å². The van der Waals surface area contributed by atoms with Gasteiger partial charge in [0.05, 0.1) is 7.11 Å². The molecule has 2 rings (SSSR count). The van der Waals surface area contributed by atoms with Crippen molar-refractivity contribution >= 4 is 5.91 Å². The number of hydrogen-bond donors (Lipinski definition) is 2. The summed E-state index contributed by atoms with van der Waals surface area (Å²) in [5.41, 5.74) is 6.13. The number of rotatable bonds is 5. The number of nitrogens with zero attached hydrogens (tertiary/aromatic N) is 1. The zero-order valence-corrected chi connectivity index (χ0v) is 9.14. The average Bonchev–Trinajstić information content (AvgIpc) is 3.09. The third-order valence-electron chi connectivity index (χ3n) is 2.57. The fraction of sp³-hybridized carbons (Fsp3) is 0.455. The number of primary amides is 1. The Morgan fingerprint density at radius 3 is 2.81 bits per heavy atom. The molecule has 86 valence electrons. The van der Waals surface area contributed by atoms with Crippen LogP contribution in [0.2, 0.25) is 0 Å². The first kappa shape index (κ1) is 10.9. The van der Waals surface area contributed by atoms with Crippen LogP contribution in [0.25, 0.3) is 0 Å². The van der Waals surface area contributed by atoms with Crippen molar-refractivity contribution in [3.63, 3.8) is 0 Å². The fourth-order valence-electron chi connectivity index (χ4n) is 1.51. The van der Waals surface area contributed by atoms with Gasteiger partial charge in [-0.25, -0.2) is 4.98 Å². The zero-order chi connectivity index (χ0) is 11.5. The van der Waals surface area contributed by atoms with Gasteiger partial charge < -0.3 is 10.5 Å². The number of ether oxygens (including phenoxy) is 1. The third kappa shape index (κ3) is 2.49. The lowest BCUT2D eigenvalue weighted by molar-refractivity contribution is -0.120. The molecule has 0 spiro atoms. The van der Waals surface area contributed by atoms with Crippen LogP contribution in [0, 0.1) is 0 Å². The second-order valence-electron chi connectivity index (χ2n) is 3.91. The zero-order valence-electron chi connectivity index (χ0n) is 9.14. The lowest BCUT2D eigenvalue weighted by Gasteiger charge is -2.15. The molecule has 1 aromatic rings. The number of carbonyl (C=O) groups is 1. The van der Waals surface area contributed by atoms with E-state index in [1.807, 2.05) is 0 Å². The van der Waals surface area contributed by atoms with Crippen molar-refractivity contribution in [2.75, 3.05) is 7.11 Å². The van der Waals surface area contributed by atoms with Gasteiger partial charge in [0.25, 0.3) is 0 Å². The number of methoxy groups -OCH3 is 1. The normalized spacial score (nSPS) is 16.8. The predicted molar refractivity (Wildman–Crippen MR) is 58.9 cm³/mol. The Morgan fingerprint density at radius 1 is 1.62 bits per heavy atom. The lowest BCUT2D eigenvalue weighted by Crippen LogP contribution is -2.34. The van der Waals surface area contributed by atoms with E-state index in [4.69, 9.17) is 10.5 Å². The molecule has 1 amide bonds. The Bertz CT molecular complexity index is 373. The number of nitrogens with two attached hydrogens (primary N) is 1. The summed E-state index contributed by atoms with van der Waals surface area (Å²) in [7, 11) is 1.55. The van der Waals surface area contributed by atoms with Crippen LogP contribution in [0.15, 0.2) is 18.3 Å². The molecule has 0 bridgehead atoms. The molecule has 16 heavy (non-hydrogen) atoms. The van der Waals surface area contributed by atoms with Gasteiger partial charge in [0, 0.05) is 18.3 Å². The molecule has 5 heteroatoms. The average molecular weight is 221 g/mol. The van der Waals surface area contributed by atoms with Crippen LogP contribution in [0.3, 0.4) is 0 Å². The lowest BCUT2D eigenvalue weighted by atomic mass is 10.1. The van der Waals surface area contributed by atoms with E-state index in [9.17, 15) is 4.79 Å². The maximum absolute atomic E-state index is 11.3. The van der Waals surface area contributed by atoms with Gasteiger partial charge in [0.2, 0.25) is 11.8 Å². The minimum absolute atomic E-state index is 0.376.